The maximum absolute atomic E-state index is 5.68. The van der Waals surface area contributed by atoms with Gasteiger partial charge in [-0.25, -0.2) is 0 Å². The van der Waals surface area contributed by atoms with Crippen LogP contribution in [-0.2, 0) is 4.74 Å². The second kappa shape index (κ2) is 6.51. The van der Waals surface area contributed by atoms with Crippen molar-refractivity contribution in [2.45, 2.75) is 31.8 Å². The standard InChI is InChI=1S/C12H22N6O/c1-18(2)12-16-10(13)15-11(17-12)14-7-6-9-5-3-4-8-19-9/h9H,3-8H2,1-2H3,(H3,13,14,15,16,17). The van der Waals surface area contributed by atoms with Gasteiger partial charge in [0.1, 0.15) is 0 Å². The third-order valence-corrected chi connectivity index (χ3v) is 3.06. The second-order valence-electron chi connectivity index (χ2n) is 4.92. The van der Waals surface area contributed by atoms with Gasteiger partial charge in [0.25, 0.3) is 0 Å². The van der Waals surface area contributed by atoms with Crippen molar-refractivity contribution in [3.63, 3.8) is 0 Å². The molecule has 1 aromatic heterocycles. The Labute approximate surface area is 113 Å². The highest BCUT2D eigenvalue weighted by Crippen LogP contribution is 2.16. The molecule has 19 heavy (non-hydrogen) atoms. The van der Waals surface area contributed by atoms with Crippen molar-refractivity contribution < 1.29 is 4.74 Å². The zero-order chi connectivity index (χ0) is 13.7. The molecule has 1 atom stereocenters. The molecule has 1 saturated heterocycles. The Morgan fingerprint density at radius 1 is 1.32 bits per heavy atom. The van der Waals surface area contributed by atoms with Crippen LogP contribution in [0, 0.1) is 0 Å². The molecule has 1 aromatic rings. The number of nitrogens with two attached hydrogens (primary N) is 1. The molecule has 1 aliphatic heterocycles. The van der Waals surface area contributed by atoms with Gasteiger partial charge >= 0.3 is 0 Å². The van der Waals surface area contributed by atoms with Gasteiger partial charge in [-0.3, -0.25) is 0 Å². The molecule has 7 heteroatoms. The minimum Gasteiger partial charge on any atom is -0.378 e. The maximum Gasteiger partial charge on any atom is 0.231 e. The zero-order valence-electron chi connectivity index (χ0n) is 11.6. The Morgan fingerprint density at radius 2 is 2.16 bits per heavy atom. The first-order valence-corrected chi connectivity index (χ1v) is 6.69. The monoisotopic (exact) mass is 266 g/mol. The molecule has 0 aliphatic carbocycles. The summed E-state index contributed by atoms with van der Waals surface area (Å²) in [6.07, 6.45) is 4.90. The number of hydrogen-bond donors (Lipinski definition) is 2. The predicted octanol–water partition coefficient (Wildman–Crippen LogP) is 0.891. The molecule has 0 bridgehead atoms. The first-order valence-electron chi connectivity index (χ1n) is 6.69. The van der Waals surface area contributed by atoms with E-state index >= 15 is 0 Å². The third-order valence-electron chi connectivity index (χ3n) is 3.06. The summed E-state index contributed by atoms with van der Waals surface area (Å²) in [5.74, 6) is 1.31. The van der Waals surface area contributed by atoms with E-state index in [9.17, 15) is 0 Å². The fourth-order valence-electron chi connectivity index (χ4n) is 2.04. The summed E-state index contributed by atoms with van der Waals surface area (Å²) in [6, 6.07) is 0. The van der Waals surface area contributed by atoms with E-state index in [-0.39, 0.29) is 5.95 Å². The summed E-state index contributed by atoms with van der Waals surface area (Å²) in [5.41, 5.74) is 5.66. The molecular formula is C12H22N6O. The Kier molecular flexibility index (Phi) is 4.73. The lowest BCUT2D eigenvalue weighted by atomic mass is 10.1. The Hall–Kier alpha value is -1.63. The van der Waals surface area contributed by atoms with Crippen LogP contribution in [0.1, 0.15) is 25.7 Å². The topological polar surface area (TPSA) is 89.2 Å². The number of rotatable bonds is 5. The first kappa shape index (κ1) is 13.8. The van der Waals surface area contributed by atoms with Gasteiger partial charge in [0, 0.05) is 27.2 Å². The molecule has 1 unspecified atom stereocenters. The zero-order valence-corrected chi connectivity index (χ0v) is 11.6. The van der Waals surface area contributed by atoms with E-state index in [1.165, 1.54) is 12.8 Å². The highest BCUT2D eigenvalue weighted by Gasteiger charge is 2.13. The van der Waals surface area contributed by atoms with E-state index in [1.54, 1.807) is 4.90 Å². The average Bonchev–Trinajstić information content (AvgIpc) is 2.39. The summed E-state index contributed by atoms with van der Waals surface area (Å²) in [4.78, 5) is 14.2. The maximum atomic E-state index is 5.68. The molecule has 106 valence electrons. The normalized spacial score (nSPS) is 19.2. The molecule has 2 rings (SSSR count). The molecule has 0 saturated carbocycles. The lowest BCUT2D eigenvalue weighted by Gasteiger charge is -2.22. The van der Waals surface area contributed by atoms with Crippen LogP contribution in [0.5, 0.6) is 0 Å². The highest BCUT2D eigenvalue weighted by molar-refractivity contribution is 5.40. The van der Waals surface area contributed by atoms with Gasteiger partial charge in [-0.2, -0.15) is 15.0 Å². The molecule has 0 radical (unpaired) electrons. The van der Waals surface area contributed by atoms with Gasteiger partial charge in [-0.15, -0.1) is 0 Å². The van der Waals surface area contributed by atoms with Crippen LogP contribution >= 0.6 is 0 Å². The molecule has 2 heterocycles. The van der Waals surface area contributed by atoms with Crippen molar-refractivity contribution in [3.05, 3.63) is 0 Å². The van der Waals surface area contributed by atoms with Crippen molar-refractivity contribution >= 4 is 17.8 Å². The van der Waals surface area contributed by atoms with E-state index in [0.717, 1.165) is 26.0 Å². The fraction of sp³-hybridized carbons (Fsp3) is 0.750. The van der Waals surface area contributed by atoms with E-state index < -0.39 is 0 Å². The predicted molar refractivity (Wildman–Crippen MR) is 75.3 cm³/mol. The summed E-state index contributed by atoms with van der Waals surface area (Å²) in [7, 11) is 3.74. The minimum absolute atomic E-state index is 0.232. The number of nitrogen functional groups attached to an aromatic ring is 1. The molecule has 1 fully saturated rings. The van der Waals surface area contributed by atoms with Gasteiger partial charge < -0.3 is 20.7 Å². The van der Waals surface area contributed by atoms with Gasteiger partial charge in [0.05, 0.1) is 6.10 Å². The van der Waals surface area contributed by atoms with Gasteiger partial charge in [0.2, 0.25) is 17.8 Å². The van der Waals surface area contributed by atoms with Crippen LogP contribution in [0.4, 0.5) is 17.8 Å². The molecule has 0 amide bonds. The van der Waals surface area contributed by atoms with Gasteiger partial charge in [-0.05, 0) is 25.7 Å². The van der Waals surface area contributed by atoms with Crippen molar-refractivity contribution in [2.75, 3.05) is 43.2 Å². The Bertz CT molecular complexity index is 405. The third kappa shape index (κ3) is 4.20. The van der Waals surface area contributed by atoms with E-state index in [1.807, 2.05) is 14.1 Å². The van der Waals surface area contributed by atoms with Crippen molar-refractivity contribution in [3.8, 4) is 0 Å². The van der Waals surface area contributed by atoms with Crippen molar-refractivity contribution in [1.82, 2.24) is 15.0 Å². The number of ether oxygens (including phenoxy) is 1. The molecule has 0 spiro atoms. The lowest BCUT2D eigenvalue weighted by molar-refractivity contribution is 0.0134. The summed E-state index contributed by atoms with van der Waals surface area (Å²) in [5, 5.41) is 3.18. The van der Waals surface area contributed by atoms with Crippen LogP contribution in [0.3, 0.4) is 0 Å². The van der Waals surface area contributed by atoms with Crippen molar-refractivity contribution in [2.24, 2.45) is 0 Å². The molecular weight excluding hydrogens is 244 g/mol. The van der Waals surface area contributed by atoms with Crippen LogP contribution in [0.2, 0.25) is 0 Å². The summed E-state index contributed by atoms with van der Waals surface area (Å²) < 4.78 is 5.68. The smallest absolute Gasteiger partial charge is 0.231 e. The number of hydrogen-bond acceptors (Lipinski definition) is 7. The second-order valence-corrected chi connectivity index (χ2v) is 4.92. The molecule has 0 aromatic carbocycles. The van der Waals surface area contributed by atoms with E-state index in [2.05, 4.69) is 20.3 Å². The van der Waals surface area contributed by atoms with Crippen LogP contribution in [0.15, 0.2) is 0 Å². The molecule has 3 N–H and O–H groups in total. The SMILES string of the molecule is CN(C)c1nc(N)nc(NCCC2CCCCO2)n1. The summed E-state index contributed by atoms with van der Waals surface area (Å²) in [6.45, 7) is 1.66. The lowest BCUT2D eigenvalue weighted by Crippen LogP contribution is -2.23. The number of aromatic nitrogens is 3. The van der Waals surface area contributed by atoms with E-state index in [0.29, 0.717) is 18.0 Å². The van der Waals surface area contributed by atoms with Crippen LogP contribution in [-0.4, -0.2) is 48.3 Å². The average molecular weight is 266 g/mol. The summed E-state index contributed by atoms with van der Waals surface area (Å²) >= 11 is 0. The van der Waals surface area contributed by atoms with Gasteiger partial charge in [-0.1, -0.05) is 0 Å². The van der Waals surface area contributed by atoms with Crippen molar-refractivity contribution in [1.29, 1.82) is 0 Å². The Balaban J connectivity index is 1.84. The molecule has 7 nitrogen and oxygen atoms in total. The van der Waals surface area contributed by atoms with Crippen LogP contribution < -0.4 is 16.0 Å². The minimum atomic E-state index is 0.232. The largest absolute Gasteiger partial charge is 0.378 e. The highest BCUT2D eigenvalue weighted by atomic mass is 16.5. The Morgan fingerprint density at radius 3 is 2.84 bits per heavy atom. The number of anilines is 3. The molecule has 1 aliphatic rings. The fourth-order valence-corrected chi connectivity index (χ4v) is 2.04. The quantitative estimate of drug-likeness (QED) is 0.818. The first-order chi connectivity index (χ1) is 9.15. The van der Waals surface area contributed by atoms with Crippen LogP contribution in [0.25, 0.3) is 0 Å². The number of nitrogens with zero attached hydrogens (tertiary/aromatic N) is 4. The number of nitrogens with one attached hydrogen (secondary N) is 1. The van der Waals surface area contributed by atoms with Gasteiger partial charge in [0.15, 0.2) is 0 Å². The van der Waals surface area contributed by atoms with E-state index in [4.69, 9.17) is 10.5 Å².